The number of nitrogens with one attached hydrogen (secondary N) is 1. The van der Waals surface area contributed by atoms with E-state index >= 15 is 0 Å². The zero-order chi connectivity index (χ0) is 16.2. The Balaban J connectivity index is 1.66. The first kappa shape index (κ1) is 15.2. The maximum Gasteiger partial charge on any atom is 0.230 e. The average Bonchev–Trinajstić information content (AvgIpc) is 2.98. The van der Waals surface area contributed by atoms with Crippen LogP contribution in [0.5, 0.6) is 5.75 Å². The van der Waals surface area contributed by atoms with Gasteiger partial charge in [-0.25, -0.2) is 9.37 Å². The van der Waals surface area contributed by atoms with Crippen LogP contribution in [0.25, 0.3) is 11.3 Å². The number of phenols is 1. The average molecular weight is 328 g/mol. The van der Waals surface area contributed by atoms with Crippen molar-refractivity contribution < 1.29 is 14.3 Å². The van der Waals surface area contributed by atoms with E-state index in [1.54, 1.807) is 30.3 Å². The van der Waals surface area contributed by atoms with Crippen molar-refractivity contribution in [3.63, 3.8) is 0 Å². The molecule has 116 valence electrons. The molecule has 3 rings (SSSR count). The highest BCUT2D eigenvalue weighted by atomic mass is 32.1. The van der Waals surface area contributed by atoms with Gasteiger partial charge in [0.25, 0.3) is 0 Å². The summed E-state index contributed by atoms with van der Waals surface area (Å²) in [6, 6.07) is 12.6. The Kier molecular flexibility index (Phi) is 4.34. The molecule has 1 aromatic heterocycles. The van der Waals surface area contributed by atoms with Crippen molar-refractivity contribution in [1.82, 2.24) is 4.98 Å². The molecule has 0 aliphatic heterocycles. The third-order valence-corrected chi connectivity index (χ3v) is 3.93. The monoisotopic (exact) mass is 328 g/mol. The van der Waals surface area contributed by atoms with E-state index in [0.29, 0.717) is 10.8 Å². The van der Waals surface area contributed by atoms with E-state index in [9.17, 15) is 14.3 Å². The van der Waals surface area contributed by atoms with Crippen molar-refractivity contribution in [3.8, 4) is 17.0 Å². The molecule has 0 aliphatic rings. The molecule has 2 N–H and O–H groups in total. The number of halogens is 1. The van der Waals surface area contributed by atoms with Crippen LogP contribution in [0.4, 0.5) is 9.52 Å². The Morgan fingerprint density at radius 2 is 2.00 bits per heavy atom. The second kappa shape index (κ2) is 6.58. The van der Waals surface area contributed by atoms with Crippen LogP contribution in [0.1, 0.15) is 5.56 Å². The Morgan fingerprint density at radius 1 is 1.22 bits per heavy atom. The fraction of sp³-hybridized carbons (Fsp3) is 0.0588. The van der Waals surface area contributed by atoms with Gasteiger partial charge in [0.2, 0.25) is 5.91 Å². The van der Waals surface area contributed by atoms with Crippen LogP contribution in [0, 0.1) is 5.82 Å². The van der Waals surface area contributed by atoms with Crippen LogP contribution in [0.2, 0.25) is 0 Å². The van der Waals surface area contributed by atoms with Gasteiger partial charge in [0.05, 0.1) is 12.1 Å². The van der Waals surface area contributed by atoms with Crippen LogP contribution in [-0.4, -0.2) is 16.0 Å². The van der Waals surface area contributed by atoms with Crippen molar-refractivity contribution in [2.24, 2.45) is 0 Å². The summed E-state index contributed by atoms with van der Waals surface area (Å²) >= 11 is 1.31. The van der Waals surface area contributed by atoms with Gasteiger partial charge >= 0.3 is 0 Å². The summed E-state index contributed by atoms with van der Waals surface area (Å²) in [4.78, 5) is 16.3. The van der Waals surface area contributed by atoms with Crippen LogP contribution < -0.4 is 5.32 Å². The normalized spacial score (nSPS) is 10.5. The lowest BCUT2D eigenvalue weighted by Crippen LogP contribution is -2.14. The SMILES string of the molecule is O=C(Cc1ccc(F)cc1)Nc1nc(-c2cccc(O)c2)cs1. The van der Waals surface area contributed by atoms with Gasteiger partial charge in [-0.1, -0.05) is 24.3 Å². The molecular formula is C17H13FN2O2S. The molecule has 0 fully saturated rings. The van der Waals surface area contributed by atoms with Gasteiger partial charge in [0.15, 0.2) is 5.13 Å². The number of thiazole rings is 1. The predicted octanol–water partition coefficient (Wildman–Crippen LogP) is 3.84. The Hall–Kier alpha value is -2.73. The number of benzene rings is 2. The number of hydrogen-bond acceptors (Lipinski definition) is 4. The predicted molar refractivity (Wildman–Crippen MR) is 87.9 cm³/mol. The number of rotatable bonds is 4. The first-order valence-electron chi connectivity index (χ1n) is 6.89. The zero-order valence-electron chi connectivity index (χ0n) is 12.0. The van der Waals surface area contributed by atoms with E-state index in [4.69, 9.17) is 0 Å². The quantitative estimate of drug-likeness (QED) is 0.765. The van der Waals surface area contributed by atoms with Gasteiger partial charge in [-0.2, -0.15) is 0 Å². The van der Waals surface area contributed by atoms with Crippen LogP contribution in [-0.2, 0) is 11.2 Å². The molecule has 0 unspecified atom stereocenters. The summed E-state index contributed by atoms with van der Waals surface area (Å²) < 4.78 is 12.8. The lowest BCUT2D eigenvalue weighted by molar-refractivity contribution is -0.115. The maximum absolute atomic E-state index is 12.8. The molecule has 0 aliphatic carbocycles. The number of carbonyl (C=O) groups excluding carboxylic acids is 1. The Labute approximate surface area is 136 Å². The van der Waals surface area contributed by atoms with E-state index in [1.807, 2.05) is 11.4 Å². The van der Waals surface area contributed by atoms with E-state index in [-0.39, 0.29) is 23.9 Å². The summed E-state index contributed by atoms with van der Waals surface area (Å²) in [6.45, 7) is 0. The number of aromatic nitrogens is 1. The molecule has 4 nitrogen and oxygen atoms in total. The summed E-state index contributed by atoms with van der Waals surface area (Å²) in [5, 5.41) is 14.5. The Morgan fingerprint density at radius 3 is 2.74 bits per heavy atom. The van der Waals surface area contributed by atoms with Crippen molar-refractivity contribution in [3.05, 3.63) is 65.3 Å². The first-order valence-corrected chi connectivity index (χ1v) is 7.77. The van der Waals surface area contributed by atoms with Gasteiger partial charge in [-0.3, -0.25) is 4.79 Å². The third-order valence-electron chi connectivity index (χ3n) is 3.17. The van der Waals surface area contributed by atoms with Gasteiger partial charge in [0.1, 0.15) is 11.6 Å². The highest BCUT2D eigenvalue weighted by molar-refractivity contribution is 7.14. The van der Waals surface area contributed by atoms with Gasteiger partial charge < -0.3 is 10.4 Å². The summed E-state index contributed by atoms with van der Waals surface area (Å²) in [6.07, 6.45) is 0.154. The fourth-order valence-corrected chi connectivity index (χ4v) is 2.82. The van der Waals surface area contributed by atoms with Crippen molar-refractivity contribution in [1.29, 1.82) is 0 Å². The number of hydrogen-bond donors (Lipinski definition) is 2. The minimum atomic E-state index is -0.329. The number of amides is 1. The zero-order valence-corrected chi connectivity index (χ0v) is 12.8. The number of anilines is 1. The molecular weight excluding hydrogens is 315 g/mol. The molecule has 1 amide bonds. The number of phenolic OH excluding ortho intramolecular Hbond substituents is 1. The van der Waals surface area contributed by atoms with E-state index in [2.05, 4.69) is 10.3 Å². The molecule has 0 atom stereocenters. The molecule has 23 heavy (non-hydrogen) atoms. The van der Waals surface area contributed by atoms with Gasteiger partial charge in [0, 0.05) is 10.9 Å². The Bertz CT molecular complexity index is 831. The molecule has 0 radical (unpaired) electrons. The van der Waals surface area contributed by atoms with E-state index in [1.165, 1.54) is 23.5 Å². The largest absolute Gasteiger partial charge is 0.508 e. The number of aromatic hydroxyl groups is 1. The molecule has 1 heterocycles. The maximum atomic E-state index is 12.8. The standard InChI is InChI=1S/C17H13FN2O2S/c18-13-6-4-11(5-7-13)8-16(22)20-17-19-15(10-23-17)12-2-1-3-14(21)9-12/h1-7,9-10,21H,8H2,(H,19,20,22). The molecule has 0 saturated carbocycles. The molecule has 3 aromatic rings. The lowest BCUT2D eigenvalue weighted by Gasteiger charge is -2.02. The van der Waals surface area contributed by atoms with Crippen LogP contribution >= 0.6 is 11.3 Å². The number of carbonyl (C=O) groups is 1. The van der Waals surface area contributed by atoms with Crippen molar-refractivity contribution >= 4 is 22.4 Å². The summed E-state index contributed by atoms with van der Waals surface area (Å²) in [5.74, 6) is -0.379. The molecule has 2 aromatic carbocycles. The lowest BCUT2D eigenvalue weighted by atomic mass is 10.1. The highest BCUT2D eigenvalue weighted by Crippen LogP contribution is 2.27. The molecule has 0 saturated heterocycles. The highest BCUT2D eigenvalue weighted by Gasteiger charge is 2.09. The molecule has 6 heteroatoms. The van der Waals surface area contributed by atoms with Gasteiger partial charge in [-0.15, -0.1) is 11.3 Å². The fourth-order valence-electron chi connectivity index (χ4n) is 2.08. The molecule has 0 spiro atoms. The van der Waals surface area contributed by atoms with Crippen LogP contribution in [0.3, 0.4) is 0 Å². The minimum absolute atomic E-state index is 0.154. The van der Waals surface area contributed by atoms with Crippen molar-refractivity contribution in [2.75, 3.05) is 5.32 Å². The minimum Gasteiger partial charge on any atom is -0.508 e. The van der Waals surface area contributed by atoms with Gasteiger partial charge in [-0.05, 0) is 29.8 Å². The number of nitrogens with zero attached hydrogens (tertiary/aromatic N) is 1. The van der Waals surface area contributed by atoms with Crippen molar-refractivity contribution in [2.45, 2.75) is 6.42 Å². The van der Waals surface area contributed by atoms with E-state index < -0.39 is 0 Å². The second-order valence-electron chi connectivity index (χ2n) is 4.94. The van der Waals surface area contributed by atoms with Crippen LogP contribution in [0.15, 0.2) is 53.9 Å². The smallest absolute Gasteiger partial charge is 0.230 e. The first-order chi connectivity index (χ1) is 11.1. The third kappa shape index (κ3) is 3.92. The summed E-state index contributed by atoms with van der Waals surface area (Å²) in [5.41, 5.74) is 2.19. The van der Waals surface area contributed by atoms with E-state index in [0.717, 1.165) is 11.1 Å². The molecule has 0 bridgehead atoms. The second-order valence-corrected chi connectivity index (χ2v) is 5.80. The summed E-state index contributed by atoms with van der Waals surface area (Å²) in [7, 11) is 0. The topological polar surface area (TPSA) is 62.2 Å².